The van der Waals surface area contributed by atoms with Crippen LogP contribution in [-0.2, 0) is 6.42 Å². The lowest BCUT2D eigenvalue weighted by Crippen LogP contribution is -2.10. The third-order valence-electron chi connectivity index (χ3n) is 2.48. The largest absolute Gasteiger partial charge is 0.359 e. The van der Waals surface area contributed by atoms with E-state index in [0.29, 0.717) is 0 Å². The van der Waals surface area contributed by atoms with Crippen LogP contribution in [0.1, 0.15) is 11.3 Å². The molecule has 0 bridgehead atoms. The molecule has 0 saturated heterocycles. The van der Waals surface area contributed by atoms with E-state index in [1.54, 1.807) is 0 Å². The lowest BCUT2D eigenvalue weighted by molar-refractivity contribution is 0.792. The van der Waals surface area contributed by atoms with Crippen LogP contribution in [0.25, 0.3) is 10.9 Å². The van der Waals surface area contributed by atoms with Crippen LogP contribution >= 0.6 is 0 Å². The van der Waals surface area contributed by atoms with Crippen LogP contribution in [0.3, 0.4) is 0 Å². The molecule has 2 N–H and O–H groups in total. The first-order valence-electron chi connectivity index (χ1n) is 5.02. The molecule has 2 heteroatoms. The number of nitrogens with one attached hydrogen (secondary N) is 2. The van der Waals surface area contributed by atoms with Crippen molar-refractivity contribution in [3.05, 3.63) is 35.5 Å². The molecule has 14 heavy (non-hydrogen) atoms. The van der Waals surface area contributed by atoms with Crippen molar-refractivity contribution >= 4 is 10.9 Å². The molecule has 0 atom stereocenters. The van der Waals surface area contributed by atoms with Gasteiger partial charge in [0.25, 0.3) is 0 Å². The Kier molecular flexibility index (Phi) is 2.55. The maximum absolute atomic E-state index is 3.33. The quantitative estimate of drug-likeness (QED) is 0.759. The number of fused-ring (bicyclic) bond motifs is 1. The summed E-state index contributed by atoms with van der Waals surface area (Å²) in [6.45, 7) is 3.13. The van der Waals surface area contributed by atoms with E-state index in [1.165, 1.54) is 22.2 Å². The summed E-state index contributed by atoms with van der Waals surface area (Å²) in [4.78, 5) is 3.33. The maximum Gasteiger partial charge on any atom is 0.0456 e. The van der Waals surface area contributed by atoms with Crippen molar-refractivity contribution in [3.8, 4) is 0 Å². The fourth-order valence-electron chi connectivity index (χ4n) is 1.75. The normalized spacial score (nSPS) is 11.0. The van der Waals surface area contributed by atoms with Crippen LogP contribution < -0.4 is 5.32 Å². The SMILES string of the molecule is CNCCc1ccc2[nH]c(C)cc2c1. The topological polar surface area (TPSA) is 27.8 Å². The Hall–Kier alpha value is -1.28. The number of aromatic amines is 1. The Labute approximate surface area is 84.3 Å². The number of rotatable bonds is 3. The van der Waals surface area contributed by atoms with Gasteiger partial charge < -0.3 is 10.3 Å². The standard InChI is InChI=1S/C12H16N2/c1-9-7-11-8-10(5-6-13-2)3-4-12(11)14-9/h3-4,7-8,13-14H,5-6H2,1-2H3. The smallest absolute Gasteiger partial charge is 0.0456 e. The number of likely N-dealkylation sites (N-methyl/N-ethyl adjacent to an activating group) is 1. The monoisotopic (exact) mass is 188 g/mol. The number of benzene rings is 1. The lowest BCUT2D eigenvalue weighted by Gasteiger charge is -2.00. The van der Waals surface area contributed by atoms with E-state index in [-0.39, 0.29) is 0 Å². The molecule has 0 fully saturated rings. The van der Waals surface area contributed by atoms with E-state index in [4.69, 9.17) is 0 Å². The fourth-order valence-corrected chi connectivity index (χ4v) is 1.75. The van der Waals surface area contributed by atoms with Crippen LogP contribution in [-0.4, -0.2) is 18.6 Å². The minimum Gasteiger partial charge on any atom is -0.359 e. The Morgan fingerprint density at radius 3 is 2.93 bits per heavy atom. The minimum atomic E-state index is 1.04. The molecule has 2 aromatic rings. The first-order chi connectivity index (χ1) is 6.79. The molecule has 1 aromatic carbocycles. The molecule has 0 amide bonds. The Bertz CT molecular complexity index is 429. The molecule has 0 aliphatic carbocycles. The zero-order valence-electron chi connectivity index (χ0n) is 8.72. The Morgan fingerprint density at radius 2 is 2.14 bits per heavy atom. The molecular formula is C12H16N2. The van der Waals surface area contributed by atoms with Crippen LogP contribution in [0.5, 0.6) is 0 Å². The van der Waals surface area contributed by atoms with Crippen molar-refractivity contribution < 1.29 is 0 Å². The highest BCUT2D eigenvalue weighted by Gasteiger charge is 1.98. The third-order valence-corrected chi connectivity index (χ3v) is 2.48. The number of aryl methyl sites for hydroxylation is 1. The molecule has 0 saturated carbocycles. The third kappa shape index (κ3) is 1.80. The molecule has 74 valence electrons. The van der Waals surface area contributed by atoms with Crippen molar-refractivity contribution in [2.45, 2.75) is 13.3 Å². The summed E-state index contributed by atoms with van der Waals surface area (Å²) in [5.74, 6) is 0. The highest BCUT2D eigenvalue weighted by atomic mass is 14.8. The second-order valence-corrected chi connectivity index (χ2v) is 3.73. The first-order valence-corrected chi connectivity index (χ1v) is 5.02. The van der Waals surface area contributed by atoms with E-state index in [9.17, 15) is 0 Å². The van der Waals surface area contributed by atoms with Crippen molar-refractivity contribution in [1.82, 2.24) is 10.3 Å². The number of aromatic nitrogens is 1. The first kappa shape index (κ1) is 9.28. The molecule has 0 unspecified atom stereocenters. The van der Waals surface area contributed by atoms with Gasteiger partial charge in [-0.25, -0.2) is 0 Å². The fraction of sp³-hybridized carbons (Fsp3) is 0.333. The van der Waals surface area contributed by atoms with Crippen molar-refractivity contribution in [3.63, 3.8) is 0 Å². The molecule has 1 aromatic heterocycles. The molecule has 0 aliphatic rings. The molecule has 0 aliphatic heterocycles. The van der Waals surface area contributed by atoms with Crippen LogP contribution in [0.4, 0.5) is 0 Å². The summed E-state index contributed by atoms with van der Waals surface area (Å²) >= 11 is 0. The molecule has 2 nitrogen and oxygen atoms in total. The highest BCUT2D eigenvalue weighted by Crippen LogP contribution is 2.16. The second kappa shape index (κ2) is 3.84. The van der Waals surface area contributed by atoms with Gasteiger partial charge in [0.05, 0.1) is 0 Å². The average Bonchev–Trinajstić information content (AvgIpc) is 2.54. The van der Waals surface area contributed by atoms with Gasteiger partial charge in [-0.1, -0.05) is 6.07 Å². The van der Waals surface area contributed by atoms with Crippen LogP contribution in [0.15, 0.2) is 24.3 Å². The Balaban J connectivity index is 2.31. The van der Waals surface area contributed by atoms with Gasteiger partial charge in [0, 0.05) is 11.2 Å². The summed E-state index contributed by atoms with van der Waals surface area (Å²) < 4.78 is 0. The lowest BCUT2D eigenvalue weighted by atomic mass is 10.1. The summed E-state index contributed by atoms with van der Waals surface area (Å²) in [7, 11) is 1.99. The summed E-state index contributed by atoms with van der Waals surface area (Å²) in [6, 6.07) is 8.80. The molecule has 0 radical (unpaired) electrons. The van der Waals surface area contributed by atoms with Crippen molar-refractivity contribution in [2.24, 2.45) is 0 Å². The van der Waals surface area contributed by atoms with Gasteiger partial charge in [-0.2, -0.15) is 0 Å². The summed E-state index contributed by atoms with van der Waals surface area (Å²) in [5, 5.41) is 4.48. The van der Waals surface area contributed by atoms with Crippen LogP contribution in [0, 0.1) is 6.92 Å². The van der Waals surface area contributed by atoms with Gasteiger partial charge in [0.2, 0.25) is 0 Å². The maximum atomic E-state index is 3.33. The summed E-state index contributed by atoms with van der Waals surface area (Å²) in [6.07, 6.45) is 1.09. The van der Waals surface area contributed by atoms with E-state index in [2.05, 4.69) is 41.5 Å². The number of hydrogen-bond acceptors (Lipinski definition) is 1. The molecule has 0 spiro atoms. The Morgan fingerprint density at radius 1 is 1.29 bits per heavy atom. The molecular weight excluding hydrogens is 172 g/mol. The predicted octanol–water partition coefficient (Wildman–Crippen LogP) is 2.24. The van der Waals surface area contributed by atoms with Gasteiger partial charge in [0.1, 0.15) is 0 Å². The number of H-pyrrole nitrogens is 1. The van der Waals surface area contributed by atoms with Crippen molar-refractivity contribution in [2.75, 3.05) is 13.6 Å². The van der Waals surface area contributed by atoms with Gasteiger partial charge in [0.15, 0.2) is 0 Å². The van der Waals surface area contributed by atoms with E-state index in [1.807, 2.05) is 7.05 Å². The second-order valence-electron chi connectivity index (χ2n) is 3.73. The molecule has 1 heterocycles. The van der Waals surface area contributed by atoms with Gasteiger partial charge in [-0.15, -0.1) is 0 Å². The van der Waals surface area contributed by atoms with E-state index in [0.717, 1.165) is 13.0 Å². The minimum absolute atomic E-state index is 1.04. The van der Waals surface area contributed by atoms with E-state index < -0.39 is 0 Å². The van der Waals surface area contributed by atoms with Crippen molar-refractivity contribution in [1.29, 1.82) is 0 Å². The highest BCUT2D eigenvalue weighted by molar-refractivity contribution is 5.81. The zero-order valence-corrected chi connectivity index (χ0v) is 8.72. The number of hydrogen-bond donors (Lipinski definition) is 2. The zero-order chi connectivity index (χ0) is 9.97. The van der Waals surface area contributed by atoms with Crippen LogP contribution in [0.2, 0.25) is 0 Å². The van der Waals surface area contributed by atoms with Gasteiger partial charge in [-0.05, 0) is 56.1 Å². The predicted molar refractivity (Wildman–Crippen MR) is 60.7 cm³/mol. The van der Waals surface area contributed by atoms with Gasteiger partial charge >= 0.3 is 0 Å². The van der Waals surface area contributed by atoms with Gasteiger partial charge in [-0.3, -0.25) is 0 Å². The van der Waals surface area contributed by atoms with E-state index >= 15 is 0 Å². The summed E-state index contributed by atoms with van der Waals surface area (Å²) in [5.41, 5.74) is 3.85. The average molecular weight is 188 g/mol. The molecule has 2 rings (SSSR count).